The molecule has 0 bridgehead atoms. The third-order valence-corrected chi connectivity index (χ3v) is 7.27. The second-order valence-electron chi connectivity index (χ2n) is 8.98. The number of hydrogen-bond donors (Lipinski definition) is 0. The van der Waals surface area contributed by atoms with Gasteiger partial charge in [0.15, 0.2) is 0 Å². The van der Waals surface area contributed by atoms with Crippen molar-refractivity contribution in [1.29, 1.82) is 0 Å². The van der Waals surface area contributed by atoms with E-state index in [1.54, 1.807) is 0 Å². The van der Waals surface area contributed by atoms with Gasteiger partial charge in [-0.2, -0.15) is 0 Å². The maximum atomic E-state index is 6.93. The highest BCUT2D eigenvalue weighted by atomic mass is 16.5. The van der Waals surface area contributed by atoms with Crippen molar-refractivity contribution in [3.05, 3.63) is 137 Å². The lowest BCUT2D eigenvalue weighted by atomic mass is 9.71. The normalized spacial score (nSPS) is 19.8. The molecular weight excluding hydrogens is 402 g/mol. The average Bonchev–Trinajstić information content (AvgIpc) is 3.13. The van der Waals surface area contributed by atoms with Crippen molar-refractivity contribution in [1.82, 2.24) is 4.57 Å². The molecule has 4 aromatic carbocycles. The summed E-state index contributed by atoms with van der Waals surface area (Å²) >= 11 is 0. The molecule has 0 amide bonds. The largest absolute Gasteiger partial charge is 0.485 e. The molecule has 3 atom stereocenters. The molecule has 2 heterocycles. The number of aromatic nitrogens is 1. The molecule has 0 saturated carbocycles. The average molecular weight is 430 g/mol. The second-order valence-corrected chi connectivity index (χ2v) is 8.98. The topological polar surface area (TPSA) is 14.2 Å². The first-order valence-electron chi connectivity index (χ1n) is 11.6. The highest BCUT2D eigenvalue weighted by Crippen LogP contribution is 2.55. The van der Waals surface area contributed by atoms with Gasteiger partial charge in [-0.1, -0.05) is 97.1 Å². The lowest BCUT2D eigenvalue weighted by Gasteiger charge is -2.41. The highest BCUT2D eigenvalue weighted by molar-refractivity contribution is 5.86. The van der Waals surface area contributed by atoms with Crippen LogP contribution >= 0.6 is 0 Å². The van der Waals surface area contributed by atoms with Crippen molar-refractivity contribution in [2.24, 2.45) is 7.05 Å². The third kappa shape index (κ3) is 3.17. The molecule has 33 heavy (non-hydrogen) atoms. The second kappa shape index (κ2) is 7.97. The van der Waals surface area contributed by atoms with Crippen molar-refractivity contribution >= 4 is 10.9 Å². The maximum absolute atomic E-state index is 6.93. The lowest BCUT2D eigenvalue weighted by molar-refractivity contribution is 0.141. The molecule has 6 rings (SSSR count). The van der Waals surface area contributed by atoms with Crippen LogP contribution in [0.1, 0.15) is 45.9 Å². The number of para-hydroxylation sites is 2. The van der Waals surface area contributed by atoms with E-state index < -0.39 is 0 Å². The zero-order chi connectivity index (χ0) is 22.4. The van der Waals surface area contributed by atoms with E-state index in [2.05, 4.69) is 128 Å². The van der Waals surface area contributed by atoms with E-state index in [0.29, 0.717) is 0 Å². The fraction of sp³-hybridized carbons (Fsp3) is 0.161. The smallest absolute Gasteiger partial charge is 0.134 e. The Hall–Kier alpha value is -3.78. The Labute approximate surface area is 195 Å². The highest BCUT2D eigenvalue weighted by Gasteiger charge is 2.42. The quantitative estimate of drug-likeness (QED) is 0.289. The molecular formula is C31H27NO. The van der Waals surface area contributed by atoms with Gasteiger partial charge in [-0.15, -0.1) is 0 Å². The van der Waals surface area contributed by atoms with Crippen molar-refractivity contribution < 1.29 is 4.74 Å². The van der Waals surface area contributed by atoms with E-state index >= 15 is 0 Å². The van der Waals surface area contributed by atoms with Gasteiger partial charge in [0.1, 0.15) is 11.9 Å². The molecule has 2 heteroatoms. The van der Waals surface area contributed by atoms with Gasteiger partial charge >= 0.3 is 0 Å². The lowest BCUT2D eigenvalue weighted by Crippen LogP contribution is -2.29. The van der Waals surface area contributed by atoms with Gasteiger partial charge in [0, 0.05) is 46.6 Å². The van der Waals surface area contributed by atoms with Crippen LogP contribution in [0.15, 0.2) is 109 Å². The van der Waals surface area contributed by atoms with E-state index in [1.165, 1.54) is 38.9 Å². The summed E-state index contributed by atoms with van der Waals surface area (Å²) in [6.45, 7) is 2.22. The molecule has 5 aromatic rings. The fourth-order valence-corrected chi connectivity index (χ4v) is 5.66. The Morgan fingerprint density at radius 2 is 1.27 bits per heavy atom. The molecule has 0 N–H and O–H groups in total. The monoisotopic (exact) mass is 429 g/mol. The number of ether oxygens (including phenoxy) is 1. The van der Waals surface area contributed by atoms with Gasteiger partial charge in [0.2, 0.25) is 0 Å². The van der Waals surface area contributed by atoms with Crippen molar-refractivity contribution in [2.75, 3.05) is 0 Å². The van der Waals surface area contributed by atoms with Gasteiger partial charge < -0.3 is 9.30 Å². The molecule has 1 aliphatic heterocycles. The molecule has 0 aliphatic carbocycles. The van der Waals surface area contributed by atoms with Crippen molar-refractivity contribution in [3.63, 3.8) is 0 Å². The van der Waals surface area contributed by atoms with Crippen LogP contribution in [0.4, 0.5) is 0 Å². The SMILES string of the molecule is Cc1c(C2Oc3ccccc3C(c3ccccc3)C2c2ccccc2)c2ccccc2n1C. The summed E-state index contributed by atoms with van der Waals surface area (Å²) < 4.78 is 9.23. The first kappa shape index (κ1) is 19.9. The Bertz CT molecular complexity index is 1420. The van der Waals surface area contributed by atoms with Crippen molar-refractivity contribution in [2.45, 2.75) is 24.9 Å². The molecule has 2 nitrogen and oxygen atoms in total. The standard InChI is InChI=1S/C31H27NO/c1-21-28(24-17-9-11-19-26(24)32(21)2)31-30(23-15-7-4-8-16-23)29(22-13-5-3-6-14-22)25-18-10-12-20-27(25)33-31/h3-20,29-31H,1-2H3. The van der Waals surface area contributed by atoms with Crippen LogP contribution in [0.5, 0.6) is 5.75 Å². The van der Waals surface area contributed by atoms with E-state index in [0.717, 1.165) is 5.75 Å². The summed E-state index contributed by atoms with van der Waals surface area (Å²) in [5, 5.41) is 1.27. The van der Waals surface area contributed by atoms with Gasteiger partial charge in [-0.25, -0.2) is 0 Å². The van der Waals surface area contributed by atoms with Gasteiger partial charge in [-0.3, -0.25) is 0 Å². The van der Waals surface area contributed by atoms with Crippen LogP contribution in [0, 0.1) is 6.92 Å². The van der Waals surface area contributed by atoms with Gasteiger partial charge in [-0.05, 0) is 30.2 Å². The minimum Gasteiger partial charge on any atom is -0.485 e. The Kier molecular flexibility index (Phi) is 4.80. The van der Waals surface area contributed by atoms with Crippen LogP contribution in [0.2, 0.25) is 0 Å². The minimum atomic E-state index is -0.0985. The number of fused-ring (bicyclic) bond motifs is 2. The molecule has 162 valence electrons. The molecule has 1 aromatic heterocycles. The number of nitrogens with zero attached hydrogens (tertiary/aromatic N) is 1. The molecule has 3 unspecified atom stereocenters. The first-order valence-corrected chi connectivity index (χ1v) is 11.6. The predicted molar refractivity (Wildman–Crippen MR) is 135 cm³/mol. The maximum Gasteiger partial charge on any atom is 0.134 e. The third-order valence-electron chi connectivity index (χ3n) is 7.27. The predicted octanol–water partition coefficient (Wildman–Crippen LogP) is 7.54. The van der Waals surface area contributed by atoms with E-state index in [9.17, 15) is 0 Å². The summed E-state index contributed by atoms with van der Waals surface area (Å²) in [5.74, 6) is 1.32. The molecule has 0 spiro atoms. The zero-order valence-corrected chi connectivity index (χ0v) is 19.0. The fourth-order valence-electron chi connectivity index (χ4n) is 5.66. The first-order chi connectivity index (χ1) is 16.2. The molecule has 0 radical (unpaired) electrons. The molecule has 1 aliphatic rings. The van der Waals surface area contributed by atoms with Gasteiger partial charge in [0.25, 0.3) is 0 Å². The van der Waals surface area contributed by atoms with Crippen LogP contribution in [0.25, 0.3) is 10.9 Å². The van der Waals surface area contributed by atoms with Crippen LogP contribution < -0.4 is 4.74 Å². The van der Waals surface area contributed by atoms with E-state index in [4.69, 9.17) is 4.74 Å². The minimum absolute atomic E-state index is 0.0985. The molecule has 0 fully saturated rings. The summed E-state index contributed by atoms with van der Waals surface area (Å²) in [6.07, 6.45) is -0.0985. The van der Waals surface area contributed by atoms with Crippen LogP contribution in [-0.4, -0.2) is 4.57 Å². The van der Waals surface area contributed by atoms with Crippen LogP contribution in [-0.2, 0) is 7.05 Å². The summed E-state index contributed by atoms with van der Waals surface area (Å²) in [5.41, 5.74) is 7.68. The van der Waals surface area contributed by atoms with Gasteiger partial charge in [0.05, 0.1) is 0 Å². The molecule has 0 saturated heterocycles. The van der Waals surface area contributed by atoms with E-state index in [1.807, 2.05) is 0 Å². The number of benzene rings is 4. The summed E-state index contributed by atoms with van der Waals surface area (Å²) in [7, 11) is 2.16. The number of hydrogen-bond acceptors (Lipinski definition) is 1. The summed E-state index contributed by atoms with van der Waals surface area (Å²) in [4.78, 5) is 0. The number of rotatable bonds is 3. The summed E-state index contributed by atoms with van der Waals surface area (Å²) in [6, 6.07) is 39.1. The Morgan fingerprint density at radius 3 is 2.03 bits per heavy atom. The zero-order valence-electron chi connectivity index (χ0n) is 19.0. The van der Waals surface area contributed by atoms with Crippen molar-refractivity contribution in [3.8, 4) is 5.75 Å². The number of aryl methyl sites for hydroxylation is 1. The Morgan fingerprint density at radius 1 is 0.667 bits per heavy atom. The Balaban J connectivity index is 1.66. The van der Waals surface area contributed by atoms with Crippen LogP contribution in [0.3, 0.4) is 0 Å². The van der Waals surface area contributed by atoms with E-state index in [-0.39, 0.29) is 17.9 Å².